The van der Waals surface area contributed by atoms with Gasteiger partial charge >= 0.3 is 0 Å². The first-order valence-corrected chi connectivity index (χ1v) is 7.15. The van der Waals surface area contributed by atoms with E-state index in [1.165, 1.54) is 0 Å². The summed E-state index contributed by atoms with van der Waals surface area (Å²) < 4.78 is 11.3. The topological polar surface area (TPSA) is 50.7 Å². The molecule has 0 saturated heterocycles. The van der Waals surface area contributed by atoms with E-state index in [9.17, 15) is 5.11 Å². The second-order valence-electron chi connectivity index (χ2n) is 4.97. The molecule has 1 atom stereocenters. The van der Waals surface area contributed by atoms with Gasteiger partial charge in [-0.05, 0) is 11.6 Å². The number of fused-ring (bicyclic) bond motifs is 1. The minimum absolute atomic E-state index is 0.0520. The fourth-order valence-corrected chi connectivity index (χ4v) is 2.48. The number of hydrogen-bond donors (Lipinski definition) is 2. The summed E-state index contributed by atoms with van der Waals surface area (Å²) in [6.07, 6.45) is 0. The van der Waals surface area contributed by atoms with Crippen LogP contribution >= 0.6 is 0 Å². The van der Waals surface area contributed by atoms with Crippen molar-refractivity contribution in [3.05, 3.63) is 59.7 Å². The monoisotopic (exact) mass is 285 g/mol. The summed E-state index contributed by atoms with van der Waals surface area (Å²) in [6, 6.07) is 15.7. The van der Waals surface area contributed by atoms with Crippen molar-refractivity contribution >= 4 is 0 Å². The molecule has 1 heterocycles. The minimum atomic E-state index is -0.0911. The van der Waals surface area contributed by atoms with Gasteiger partial charge in [-0.15, -0.1) is 0 Å². The second-order valence-corrected chi connectivity index (χ2v) is 4.97. The molecule has 1 aliphatic heterocycles. The number of aliphatic hydroxyl groups excluding tert-OH is 1. The van der Waals surface area contributed by atoms with E-state index in [-0.39, 0.29) is 12.6 Å². The molecule has 3 rings (SSSR count). The highest BCUT2D eigenvalue weighted by atomic mass is 16.6. The van der Waals surface area contributed by atoms with Crippen LogP contribution in [-0.2, 0) is 6.54 Å². The van der Waals surface area contributed by atoms with Gasteiger partial charge in [0.05, 0.1) is 12.6 Å². The highest BCUT2D eigenvalue weighted by Crippen LogP contribution is 2.33. The van der Waals surface area contributed by atoms with Gasteiger partial charge in [0.25, 0.3) is 0 Å². The lowest BCUT2D eigenvalue weighted by atomic mass is 10.1. The van der Waals surface area contributed by atoms with Crippen LogP contribution in [0, 0.1) is 0 Å². The molecule has 2 aromatic rings. The molecule has 0 unspecified atom stereocenters. The smallest absolute Gasteiger partial charge is 0.165 e. The zero-order valence-electron chi connectivity index (χ0n) is 11.8. The molecule has 21 heavy (non-hydrogen) atoms. The van der Waals surface area contributed by atoms with E-state index in [1.807, 2.05) is 48.5 Å². The Balaban J connectivity index is 1.72. The van der Waals surface area contributed by atoms with E-state index in [2.05, 4.69) is 5.32 Å². The van der Waals surface area contributed by atoms with Gasteiger partial charge in [-0.25, -0.2) is 0 Å². The molecule has 4 nitrogen and oxygen atoms in total. The molecule has 0 aliphatic carbocycles. The van der Waals surface area contributed by atoms with Crippen molar-refractivity contribution in [3.63, 3.8) is 0 Å². The quantitative estimate of drug-likeness (QED) is 0.885. The van der Waals surface area contributed by atoms with Crippen LogP contribution in [0.25, 0.3) is 0 Å². The molecular formula is C17H19NO3. The molecule has 0 fully saturated rings. The molecular weight excluding hydrogens is 266 g/mol. The van der Waals surface area contributed by atoms with Gasteiger partial charge in [-0.3, -0.25) is 0 Å². The van der Waals surface area contributed by atoms with E-state index < -0.39 is 0 Å². The van der Waals surface area contributed by atoms with Crippen molar-refractivity contribution in [2.24, 2.45) is 0 Å². The van der Waals surface area contributed by atoms with Crippen molar-refractivity contribution in [2.75, 3.05) is 19.8 Å². The Morgan fingerprint density at radius 1 is 1.00 bits per heavy atom. The molecule has 0 radical (unpaired) electrons. The SMILES string of the molecule is OC[C@@H](NCc1cccc2c1OCCO2)c1ccccc1. The Labute approximate surface area is 124 Å². The van der Waals surface area contributed by atoms with Gasteiger partial charge in [-0.1, -0.05) is 42.5 Å². The maximum absolute atomic E-state index is 9.58. The molecule has 2 N–H and O–H groups in total. The lowest BCUT2D eigenvalue weighted by Gasteiger charge is -2.22. The Kier molecular flexibility index (Phi) is 4.38. The highest BCUT2D eigenvalue weighted by molar-refractivity contribution is 5.47. The number of hydrogen-bond acceptors (Lipinski definition) is 4. The number of ether oxygens (including phenoxy) is 2. The minimum Gasteiger partial charge on any atom is -0.486 e. The number of benzene rings is 2. The van der Waals surface area contributed by atoms with E-state index in [1.54, 1.807) is 0 Å². The van der Waals surface area contributed by atoms with Crippen LogP contribution in [0.1, 0.15) is 17.2 Å². The van der Waals surface area contributed by atoms with Crippen molar-refractivity contribution in [1.82, 2.24) is 5.32 Å². The molecule has 0 spiro atoms. The van der Waals surface area contributed by atoms with E-state index >= 15 is 0 Å². The van der Waals surface area contributed by atoms with Crippen molar-refractivity contribution in [1.29, 1.82) is 0 Å². The Hall–Kier alpha value is -2.04. The first kappa shape index (κ1) is 13.9. The molecule has 1 aliphatic rings. The maximum atomic E-state index is 9.58. The standard InChI is InChI=1S/C17H19NO3/c19-12-15(13-5-2-1-3-6-13)18-11-14-7-4-8-16-17(14)21-10-9-20-16/h1-8,15,18-19H,9-12H2/t15-/m1/s1. The summed E-state index contributed by atoms with van der Waals surface area (Å²) in [4.78, 5) is 0. The predicted octanol–water partition coefficient (Wildman–Crippen LogP) is 2.28. The van der Waals surface area contributed by atoms with E-state index in [0.717, 1.165) is 22.6 Å². The van der Waals surface area contributed by atoms with Gasteiger partial charge < -0.3 is 19.9 Å². The number of nitrogens with one attached hydrogen (secondary N) is 1. The van der Waals surface area contributed by atoms with Crippen LogP contribution < -0.4 is 14.8 Å². The largest absolute Gasteiger partial charge is 0.486 e. The zero-order valence-corrected chi connectivity index (χ0v) is 11.8. The summed E-state index contributed by atoms with van der Waals surface area (Å²) in [6.45, 7) is 1.84. The molecule has 0 saturated carbocycles. The first-order valence-electron chi connectivity index (χ1n) is 7.15. The van der Waals surface area contributed by atoms with Gasteiger partial charge in [0.15, 0.2) is 11.5 Å². The van der Waals surface area contributed by atoms with Gasteiger partial charge in [0.1, 0.15) is 13.2 Å². The average molecular weight is 285 g/mol. The van der Waals surface area contributed by atoms with Gasteiger partial charge in [0, 0.05) is 12.1 Å². The predicted molar refractivity (Wildman–Crippen MR) is 80.5 cm³/mol. The number of aliphatic hydroxyl groups is 1. The third-order valence-electron chi connectivity index (χ3n) is 3.57. The number of rotatable bonds is 5. The Morgan fingerprint density at radius 2 is 1.81 bits per heavy atom. The normalized spacial score (nSPS) is 14.7. The fraction of sp³-hybridized carbons (Fsp3) is 0.294. The Morgan fingerprint density at radius 3 is 2.62 bits per heavy atom. The van der Waals surface area contributed by atoms with E-state index in [4.69, 9.17) is 9.47 Å². The number of para-hydroxylation sites is 1. The summed E-state index contributed by atoms with van der Waals surface area (Å²) in [5, 5.41) is 12.9. The third-order valence-corrected chi connectivity index (χ3v) is 3.57. The third kappa shape index (κ3) is 3.17. The van der Waals surface area contributed by atoms with Crippen molar-refractivity contribution in [2.45, 2.75) is 12.6 Å². The van der Waals surface area contributed by atoms with Crippen molar-refractivity contribution in [3.8, 4) is 11.5 Å². The molecule has 2 aromatic carbocycles. The van der Waals surface area contributed by atoms with Crippen LogP contribution in [0.4, 0.5) is 0 Å². The van der Waals surface area contributed by atoms with Crippen LogP contribution in [0.5, 0.6) is 11.5 Å². The maximum Gasteiger partial charge on any atom is 0.165 e. The van der Waals surface area contributed by atoms with Crippen molar-refractivity contribution < 1.29 is 14.6 Å². The van der Waals surface area contributed by atoms with Crippen LogP contribution in [0.3, 0.4) is 0 Å². The fourth-order valence-electron chi connectivity index (χ4n) is 2.48. The summed E-state index contributed by atoms with van der Waals surface area (Å²) in [5.74, 6) is 1.60. The van der Waals surface area contributed by atoms with Gasteiger partial charge in [-0.2, -0.15) is 0 Å². The lowest BCUT2D eigenvalue weighted by Crippen LogP contribution is -2.25. The second kappa shape index (κ2) is 6.61. The summed E-state index contributed by atoms with van der Waals surface area (Å²) >= 11 is 0. The van der Waals surface area contributed by atoms with Crippen LogP contribution in [0.2, 0.25) is 0 Å². The van der Waals surface area contributed by atoms with Crippen LogP contribution in [-0.4, -0.2) is 24.9 Å². The molecule has 4 heteroatoms. The average Bonchev–Trinajstić information content (AvgIpc) is 2.56. The highest BCUT2D eigenvalue weighted by Gasteiger charge is 2.16. The Bertz CT molecular complexity index is 586. The lowest BCUT2D eigenvalue weighted by molar-refractivity contribution is 0.169. The molecule has 110 valence electrons. The molecule has 0 aromatic heterocycles. The van der Waals surface area contributed by atoms with E-state index in [0.29, 0.717) is 19.8 Å². The summed E-state index contributed by atoms with van der Waals surface area (Å²) in [5.41, 5.74) is 2.11. The first-order chi connectivity index (χ1) is 10.4. The molecule has 0 amide bonds. The zero-order chi connectivity index (χ0) is 14.5. The summed E-state index contributed by atoms with van der Waals surface area (Å²) in [7, 11) is 0. The molecule has 0 bridgehead atoms. The van der Waals surface area contributed by atoms with Gasteiger partial charge in [0.2, 0.25) is 0 Å². The van der Waals surface area contributed by atoms with Crippen LogP contribution in [0.15, 0.2) is 48.5 Å².